The highest BCUT2D eigenvalue weighted by molar-refractivity contribution is 4.82. The summed E-state index contributed by atoms with van der Waals surface area (Å²) in [7, 11) is 0. The number of nitrogens with one attached hydrogen (secondary N) is 1. The summed E-state index contributed by atoms with van der Waals surface area (Å²) in [6.45, 7) is 14.7. The fourth-order valence-electron chi connectivity index (χ4n) is 3.36. The SMILES string of the molecule is CCC1CN(CC2CCN(C(C)C)C2)CCCN1. The number of hydrogen-bond acceptors (Lipinski definition) is 3. The summed E-state index contributed by atoms with van der Waals surface area (Å²) in [5.41, 5.74) is 0. The van der Waals surface area contributed by atoms with Crippen molar-refractivity contribution in [2.45, 2.75) is 52.1 Å². The number of rotatable bonds is 4. The first-order valence-corrected chi connectivity index (χ1v) is 7.88. The second-order valence-corrected chi connectivity index (χ2v) is 6.42. The summed E-state index contributed by atoms with van der Waals surface area (Å²) >= 11 is 0. The number of hydrogen-bond donors (Lipinski definition) is 1. The Balaban J connectivity index is 1.78. The predicted molar refractivity (Wildman–Crippen MR) is 78.0 cm³/mol. The lowest BCUT2D eigenvalue weighted by Gasteiger charge is -2.27. The quantitative estimate of drug-likeness (QED) is 0.824. The molecule has 2 saturated heterocycles. The maximum atomic E-state index is 3.66. The molecule has 1 N–H and O–H groups in total. The maximum Gasteiger partial charge on any atom is 0.0192 e. The van der Waals surface area contributed by atoms with Gasteiger partial charge in [0.2, 0.25) is 0 Å². The van der Waals surface area contributed by atoms with Crippen LogP contribution in [0, 0.1) is 5.92 Å². The van der Waals surface area contributed by atoms with Crippen LogP contribution in [0.3, 0.4) is 0 Å². The van der Waals surface area contributed by atoms with E-state index in [4.69, 9.17) is 0 Å². The van der Waals surface area contributed by atoms with Crippen molar-refractivity contribution < 1.29 is 0 Å². The van der Waals surface area contributed by atoms with E-state index < -0.39 is 0 Å². The van der Waals surface area contributed by atoms with Crippen LogP contribution in [0.1, 0.15) is 40.0 Å². The average molecular weight is 253 g/mol. The van der Waals surface area contributed by atoms with Crippen LogP contribution in [0.5, 0.6) is 0 Å². The van der Waals surface area contributed by atoms with Crippen LogP contribution < -0.4 is 5.32 Å². The zero-order valence-electron chi connectivity index (χ0n) is 12.5. The van der Waals surface area contributed by atoms with Crippen molar-refractivity contribution >= 4 is 0 Å². The van der Waals surface area contributed by atoms with Gasteiger partial charge in [0.25, 0.3) is 0 Å². The average Bonchev–Trinajstić information content (AvgIpc) is 2.69. The highest BCUT2D eigenvalue weighted by atomic mass is 15.2. The molecule has 2 aliphatic heterocycles. The Kier molecular flexibility index (Phi) is 5.46. The molecule has 0 radical (unpaired) electrons. The summed E-state index contributed by atoms with van der Waals surface area (Å²) in [5.74, 6) is 0.906. The second kappa shape index (κ2) is 6.88. The van der Waals surface area contributed by atoms with E-state index in [0.29, 0.717) is 0 Å². The molecule has 0 spiro atoms. The Bertz CT molecular complexity index is 242. The minimum Gasteiger partial charge on any atom is -0.313 e. The summed E-state index contributed by atoms with van der Waals surface area (Å²) in [4.78, 5) is 5.35. The van der Waals surface area contributed by atoms with Crippen molar-refractivity contribution in [3.05, 3.63) is 0 Å². The van der Waals surface area contributed by atoms with Gasteiger partial charge < -0.3 is 15.1 Å². The van der Waals surface area contributed by atoms with Crippen LogP contribution >= 0.6 is 0 Å². The Morgan fingerprint density at radius 3 is 2.72 bits per heavy atom. The highest BCUT2D eigenvalue weighted by Gasteiger charge is 2.26. The van der Waals surface area contributed by atoms with Crippen molar-refractivity contribution in [2.24, 2.45) is 5.92 Å². The van der Waals surface area contributed by atoms with Crippen LogP contribution in [0.2, 0.25) is 0 Å². The Morgan fingerprint density at radius 2 is 2.06 bits per heavy atom. The van der Waals surface area contributed by atoms with Gasteiger partial charge in [0.15, 0.2) is 0 Å². The fraction of sp³-hybridized carbons (Fsp3) is 1.00. The molecule has 2 rings (SSSR count). The highest BCUT2D eigenvalue weighted by Crippen LogP contribution is 2.20. The predicted octanol–water partition coefficient (Wildman–Crippen LogP) is 1.79. The van der Waals surface area contributed by atoms with Crippen LogP contribution in [0.4, 0.5) is 0 Å². The van der Waals surface area contributed by atoms with Crippen molar-refractivity contribution in [2.75, 3.05) is 39.3 Å². The van der Waals surface area contributed by atoms with Crippen LogP contribution in [0.15, 0.2) is 0 Å². The van der Waals surface area contributed by atoms with Gasteiger partial charge in [-0.1, -0.05) is 6.92 Å². The largest absolute Gasteiger partial charge is 0.313 e. The number of likely N-dealkylation sites (tertiary alicyclic amines) is 1. The molecule has 2 unspecified atom stereocenters. The van der Waals surface area contributed by atoms with Gasteiger partial charge in [-0.2, -0.15) is 0 Å². The first-order chi connectivity index (χ1) is 8.69. The lowest BCUT2D eigenvalue weighted by atomic mass is 10.1. The van der Waals surface area contributed by atoms with Gasteiger partial charge >= 0.3 is 0 Å². The Morgan fingerprint density at radius 1 is 1.22 bits per heavy atom. The molecule has 0 aromatic rings. The standard InChI is InChI=1S/C15H31N3/c1-4-15-12-17(8-5-7-16-15)10-14-6-9-18(11-14)13(2)3/h13-16H,4-12H2,1-3H3. The van der Waals surface area contributed by atoms with E-state index in [2.05, 4.69) is 35.9 Å². The van der Waals surface area contributed by atoms with E-state index in [-0.39, 0.29) is 0 Å². The summed E-state index contributed by atoms with van der Waals surface area (Å²) in [6.07, 6.45) is 3.98. The molecule has 3 heteroatoms. The minimum atomic E-state index is 0.718. The van der Waals surface area contributed by atoms with E-state index in [9.17, 15) is 0 Å². The molecule has 0 saturated carbocycles. The second-order valence-electron chi connectivity index (χ2n) is 6.42. The normalized spacial score (nSPS) is 32.0. The molecule has 2 fully saturated rings. The molecule has 3 nitrogen and oxygen atoms in total. The monoisotopic (exact) mass is 253 g/mol. The van der Waals surface area contributed by atoms with Crippen molar-refractivity contribution in [1.82, 2.24) is 15.1 Å². The molecule has 2 aliphatic rings. The summed E-state index contributed by atoms with van der Waals surface area (Å²) in [6, 6.07) is 1.44. The molecule has 18 heavy (non-hydrogen) atoms. The lowest BCUT2D eigenvalue weighted by Crippen LogP contribution is -2.39. The Hall–Kier alpha value is -0.120. The van der Waals surface area contributed by atoms with Gasteiger partial charge in [-0.25, -0.2) is 0 Å². The van der Waals surface area contributed by atoms with E-state index >= 15 is 0 Å². The van der Waals surface area contributed by atoms with Crippen molar-refractivity contribution in [3.63, 3.8) is 0 Å². The molecule has 0 aromatic heterocycles. The first kappa shape index (κ1) is 14.3. The van der Waals surface area contributed by atoms with Crippen LogP contribution in [-0.4, -0.2) is 61.2 Å². The zero-order valence-corrected chi connectivity index (χ0v) is 12.5. The third kappa shape index (κ3) is 3.94. The fourth-order valence-corrected chi connectivity index (χ4v) is 3.36. The van der Waals surface area contributed by atoms with Gasteiger partial charge in [-0.15, -0.1) is 0 Å². The molecule has 0 amide bonds. The van der Waals surface area contributed by atoms with Gasteiger partial charge in [-0.3, -0.25) is 0 Å². The number of nitrogens with zero attached hydrogens (tertiary/aromatic N) is 2. The van der Waals surface area contributed by atoms with E-state index in [1.807, 2.05) is 0 Å². The molecule has 0 bridgehead atoms. The van der Waals surface area contributed by atoms with Gasteiger partial charge in [-0.05, 0) is 58.7 Å². The first-order valence-electron chi connectivity index (χ1n) is 7.88. The van der Waals surface area contributed by atoms with E-state index in [1.54, 1.807) is 0 Å². The van der Waals surface area contributed by atoms with Gasteiger partial charge in [0.1, 0.15) is 0 Å². The van der Waals surface area contributed by atoms with E-state index in [0.717, 1.165) is 18.0 Å². The molecule has 106 valence electrons. The van der Waals surface area contributed by atoms with Gasteiger partial charge in [0, 0.05) is 31.7 Å². The van der Waals surface area contributed by atoms with Gasteiger partial charge in [0.05, 0.1) is 0 Å². The summed E-state index contributed by atoms with van der Waals surface area (Å²) < 4.78 is 0. The molecular weight excluding hydrogens is 222 g/mol. The summed E-state index contributed by atoms with van der Waals surface area (Å²) in [5, 5.41) is 3.66. The third-order valence-corrected chi connectivity index (χ3v) is 4.62. The van der Waals surface area contributed by atoms with Crippen molar-refractivity contribution in [1.29, 1.82) is 0 Å². The maximum absolute atomic E-state index is 3.66. The van der Waals surface area contributed by atoms with Crippen molar-refractivity contribution in [3.8, 4) is 0 Å². The molecule has 0 aromatic carbocycles. The molecule has 2 atom stereocenters. The minimum absolute atomic E-state index is 0.718. The van der Waals surface area contributed by atoms with E-state index in [1.165, 1.54) is 58.5 Å². The zero-order chi connectivity index (χ0) is 13.0. The smallest absolute Gasteiger partial charge is 0.0192 e. The molecular formula is C15H31N3. The topological polar surface area (TPSA) is 18.5 Å². The van der Waals surface area contributed by atoms with Crippen LogP contribution in [0.25, 0.3) is 0 Å². The lowest BCUT2D eigenvalue weighted by molar-refractivity contribution is 0.211. The van der Waals surface area contributed by atoms with Crippen LogP contribution in [-0.2, 0) is 0 Å². The molecule has 2 heterocycles. The third-order valence-electron chi connectivity index (χ3n) is 4.62. The Labute approximate surface area is 113 Å². The molecule has 0 aliphatic carbocycles.